The van der Waals surface area contributed by atoms with Gasteiger partial charge >= 0.3 is 5.97 Å². The smallest absolute Gasteiger partial charge is 0.335 e. The van der Waals surface area contributed by atoms with E-state index in [1.165, 1.54) is 12.1 Å². The highest BCUT2D eigenvalue weighted by Gasteiger charge is 2.12. The lowest BCUT2D eigenvalue weighted by Crippen LogP contribution is -2.15. The van der Waals surface area contributed by atoms with Crippen LogP contribution in [-0.2, 0) is 0 Å². The van der Waals surface area contributed by atoms with Crippen LogP contribution >= 0.6 is 11.6 Å². The summed E-state index contributed by atoms with van der Waals surface area (Å²) in [7, 11) is 0. The van der Waals surface area contributed by atoms with Crippen LogP contribution in [0.1, 0.15) is 20.7 Å². The van der Waals surface area contributed by atoms with Crippen LogP contribution in [0.15, 0.2) is 72.8 Å². The van der Waals surface area contributed by atoms with Gasteiger partial charge in [0.1, 0.15) is 24.7 Å². The van der Waals surface area contributed by atoms with Crippen LogP contribution in [0.25, 0.3) is 0 Å². The van der Waals surface area contributed by atoms with E-state index in [1.54, 1.807) is 60.7 Å². The maximum atomic E-state index is 12.5. The van der Waals surface area contributed by atoms with Crippen LogP contribution < -0.4 is 14.8 Å². The Morgan fingerprint density at radius 3 is 2.24 bits per heavy atom. The first-order valence-electron chi connectivity index (χ1n) is 8.78. The van der Waals surface area contributed by atoms with Gasteiger partial charge < -0.3 is 19.9 Å². The summed E-state index contributed by atoms with van der Waals surface area (Å²) in [5, 5.41) is 12.1. The summed E-state index contributed by atoms with van der Waals surface area (Å²) in [5.41, 5.74) is 1.08. The van der Waals surface area contributed by atoms with E-state index in [1.807, 2.05) is 0 Å². The summed E-state index contributed by atoms with van der Waals surface area (Å²) in [6.45, 7) is 0.485. The number of hydrogen-bond acceptors (Lipinski definition) is 4. The Morgan fingerprint density at radius 1 is 0.862 bits per heavy atom. The summed E-state index contributed by atoms with van der Waals surface area (Å²) >= 11 is 6.07. The van der Waals surface area contributed by atoms with E-state index in [0.29, 0.717) is 27.8 Å². The number of para-hydroxylation sites is 2. The standard InChI is InChI=1S/C22H18ClNO5/c23-18-6-2-1-5-17(18)21(25)24-19-7-3-4-8-20(19)29-14-13-28-16-11-9-15(10-12-16)22(26)27/h1-12H,13-14H2,(H,24,25)(H,26,27). The number of carbonyl (C=O) groups excluding carboxylic acids is 1. The van der Waals surface area contributed by atoms with E-state index in [4.69, 9.17) is 26.2 Å². The highest BCUT2D eigenvalue weighted by molar-refractivity contribution is 6.34. The summed E-state index contributed by atoms with van der Waals surface area (Å²) in [4.78, 5) is 23.3. The maximum Gasteiger partial charge on any atom is 0.335 e. The molecule has 6 nitrogen and oxygen atoms in total. The number of ether oxygens (including phenoxy) is 2. The number of aromatic carboxylic acids is 1. The molecule has 0 unspecified atom stereocenters. The zero-order valence-electron chi connectivity index (χ0n) is 15.3. The molecule has 3 rings (SSSR count). The SMILES string of the molecule is O=C(O)c1ccc(OCCOc2ccccc2NC(=O)c2ccccc2Cl)cc1. The minimum Gasteiger partial charge on any atom is -0.490 e. The van der Waals surface area contributed by atoms with Crippen molar-refractivity contribution in [3.8, 4) is 11.5 Å². The quantitative estimate of drug-likeness (QED) is 0.522. The van der Waals surface area contributed by atoms with Crippen molar-refractivity contribution in [2.24, 2.45) is 0 Å². The molecular weight excluding hydrogens is 394 g/mol. The molecule has 7 heteroatoms. The van der Waals surface area contributed by atoms with Crippen LogP contribution in [0.5, 0.6) is 11.5 Å². The Bertz CT molecular complexity index is 1000. The number of carboxylic acid groups (broad SMARTS) is 1. The van der Waals surface area contributed by atoms with Crippen molar-refractivity contribution in [3.05, 3.63) is 88.9 Å². The van der Waals surface area contributed by atoms with Gasteiger partial charge in [-0.1, -0.05) is 35.9 Å². The summed E-state index contributed by atoms with van der Waals surface area (Å²) in [6, 6.07) is 20.0. The molecule has 0 saturated heterocycles. The minimum atomic E-state index is -0.990. The lowest BCUT2D eigenvalue weighted by molar-refractivity contribution is 0.0696. The van der Waals surface area contributed by atoms with Crippen LogP contribution in [0.4, 0.5) is 5.69 Å². The Kier molecular flexibility index (Phi) is 6.71. The van der Waals surface area contributed by atoms with Gasteiger partial charge in [-0.25, -0.2) is 4.79 Å². The molecular formula is C22H18ClNO5. The second-order valence-electron chi connectivity index (χ2n) is 5.96. The van der Waals surface area contributed by atoms with Crippen molar-refractivity contribution in [2.75, 3.05) is 18.5 Å². The molecule has 3 aromatic rings. The van der Waals surface area contributed by atoms with E-state index < -0.39 is 5.97 Å². The first-order valence-corrected chi connectivity index (χ1v) is 9.16. The van der Waals surface area contributed by atoms with E-state index in [2.05, 4.69) is 5.32 Å². The molecule has 148 valence electrons. The Labute approximate surface area is 172 Å². The van der Waals surface area contributed by atoms with Crippen molar-refractivity contribution in [2.45, 2.75) is 0 Å². The molecule has 29 heavy (non-hydrogen) atoms. The van der Waals surface area contributed by atoms with Gasteiger partial charge in [0.25, 0.3) is 5.91 Å². The highest BCUT2D eigenvalue weighted by Crippen LogP contribution is 2.25. The fourth-order valence-corrected chi connectivity index (χ4v) is 2.76. The number of anilines is 1. The van der Waals surface area contributed by atoms with Gasteiger partial charge in [-0.15, -0.1) is 0 Å². The number of rotatable bonds is 8. The fraction of sp³-hybridized carbons (Fsp3) is 0.0909. The first-order chi connectivity index (χ1) is 14.0. The van der Waals surface area contributed by atoms with Crippen molar-refractivity contribution in [1.82, 2.24) is 0 Å². The van der Waals surface area contributed by atoms with Gasteiger partial charge in [0.2, 0.25) is 0 Å². The van der Waals surface area contributed by atoms with Gasteiger partial charge in [0.15, 0.2) is 0 Å². The van der Waals surface area contributed by atoms with E-state index in [0.717, 1.165) is 0 Å². The van der Waals surface area contributed by atoms with Gasteiger partial charge in [0, 0.05) is 0 Å². The molecule has 0 atom stereocenters. The zero-order chi connectivity index (χ0) is 20.6. The predicted molar refractivity (Wildman–Crippen MR) is 110 cm³/mol. The van der Waals surface area contributed by atoms with Gasteiger partial charge in [-0.2, -0.15) is 0 Å². The number of amides is 1. The fourth-order valence-electron chi connectivity index (χ4n) is 2.54. The number of carbonyl (C=O) groups is 2. The third-order valence-electron chi connectivity index (χ3n) is 3.96. The van der Waals surface area contributed by atoms with Gasteiger partial charge in [-0.3, -0.25) is 4.79 Å². The summed E-state index contributed by atoms with van der Waals surface area (Å²) in [5.74, 6) is -0.284. The van der Waals surface area contributed by atoms with Crippen molar-refractivity contribution in [1.29, 1.82) is 0 Å². The molecule has 0 spiro atoms. The maximum absolute atomic E-state index is 12.5. The number of halogens is 1. The number of carboxylic acids is 1. The molecule has 0 fully saturated rings. The highest BCUT2D eigenvalue weighted by atomic mass is 35.5. The molecule has 0 heterocycles. The molecule has 0 aliphatic heterocycles. The molecule has 0 aliphatic carbocycles. The van der Waals surface area contributed by atoms with Gasteiger partial charge in [0.05, 0.1) is 21.8 Å². The van der Waals surface area contributed by atoms with E-state index in [9.17, 15) is 9.59 Å². The van der Waals surface area contributed by atoms with Crippen LogP contribution in [-0.4, -0.2) is 30.2 Å². The number of hydrogen-bond donors (Lipinski definition) is 2. The van der Waals surface area contributed by atoms with E-state index in [-0.39, 0.29) is 24.7 Å². The average molecular weight is 412 g/mol. The molecule has 0 saturated carbocycles. The molecule has 3 aromatic carbocycles. The Balaban J connectivity index is 1.56. The lowest BCUT2D eigenvalue weighted by atomic mass is 10.2. The van der Waals surface area contributed by atoms with Crippen molar-refractivity contribution >= 4 is 29.2 Å². The third-order valence-corrected chi connectivity index (χ3v) is 4.29. The van der Waals surface area contributed by atoms with Crippen LogP contribution in [0.3, 0.4) is 0 Å². The number of nitrogens with one attached hydrogen (secondary N) is 1. The second-order valence-corrected chi connectivity index (χ2v) is 6.36. The minimum absolute atomic E-state index is 0.191. The van der Waals surface area contributed by atoms with Crippen molar-refractivity contribution < 1.29 is 24.2 Å². The predicted octanol–water partition coefficient (Wildman–Crippen LogP) is 4.75. The van der Waals surface area contributed by atoms with E-state index >= 15 is 0 Å². The third kappa shape index (κ3) is 5.49. The second kappa shape index (κ2) is 9.61. The zero-order valence-corrected chi connectivity index (χ0v) is 16.1. The first kappa shape index (κ1) is 20.2. The molecule has 0 aromatic heterocycles. The number of benzene rings is 3. The Morgan fingerprint density at radius 2 is 1.52 bits per heavy atom. The lowest BCUT2D eigenvalue weighted by Gasteiger charge is -2.13. The monoisotopic (exact) mass is 411 g/mol. The topological polar surface area (TPSA) is 84.9 Å². The molecule has 0 aliphatic rings. The normalized spacial score (nSPS) is 10.2. The molecule has 0 radical (unpaired) electrons. The molecule has 0 bridgehead atoms. The Hall–Kier alpha value is -3.51. The van der Waals surface area contributed by atoms with Gasteiger partial charge in [-0.05, 0) is 48.5 Å². The van der Waals surface area contributed by atoms with Crippen LogP contribution in [0.2, 0.25) is 5.02 Å². The molecule has 1 amide bonds. The summed E-state index contributed by atoms with van der Waals surface area (Å²) in [6.07, 6.45) is 0. The largest absolute Gasteiger partial charge is 0.490 e. The van der Waals surface area contributed by atoms with Crippen molar-refractivity contribution in [3.63, 3.8) is 0 Å². The summed E-state index contributed by atoms with van der Waals surface area (Å²) < 4.78 is 11.3. The van der Waals surface area contributed by atoms with Crippen LogP contribution in [0, 0.1) is 0 Å². The molecule has 2 N–H and O–H groups in total. The average Bonchev–Trinajstić information content (AvgIpc) is 2.73.